The maximum atomic E-state index is 11.2. The summed E-state index contributed by atoms with van der Waals surface area (Å²) < 4.78 is 1.18. The molecule has 6 heteroatoms. The fraction of sp³-hybridized carbons (Fsp3) is 0.375. The van der Waals surface area contributed by atoms with E-state index in [1.54, 1.807) is 6.92 Å². The molecule has 0 saturated heterocycles. The number of carboxylic acid groups (broad SMARTS) is 1. The van der Waals surface area contributed by atoms with Gasteiger partial charge in [0.1, 0.15) is 0 Å². The molecule has 0 aromatic carbocycles. The van der Waals surface area contributed by atoms with Gasteiger partial charge in [-0.3, -0.25) is 19.1 Å². The van der Waals surface area contributed by atoms with Crippen molar-refractivity contribution in [1.29, 1.82) is 0 Å². The van der Waals surface area contributed by atoms with Crippen molar-refractivity contribution in [3.8, 4) is 0 Å². The summed E-state index contributed by atoms with van der Waals surface area (Å²) in [5.74, 6) is -0.990. The van der Waals surface area contributed by atoms with Gasteiger partial charge in [-0.1, -0.05) is 0 Å². The predicted octanol–water partition coefficient (Wildman–Crippen LogP) is -0.428. The molecule has 1 aromatic rings. The first kappa shape index (κ1) is 10.2. The average molecular weight is 198 g/mol. The summed E-state index contributed by atoms with van der Waals surface area (Å²) in [6.07, 6.45) is 1.13. The van der Waals surface area contributed by atoms with Crippen LogP contribution in [0.2, 0.25) is 0 Å². The topological polar surface area (TPSA) is 92.2 Å². The zero-order valence-electron chi connectivity index (χ0n) is 7.56. The van der Waals surface area contributed by atoms with Crippen LogP contribution in [0.15, 0.2) is 21.9 Å². The largest absolute Gasteiger partial charge is 0.481 e. The van der Waals surface area contributed by atoms with E-state index in [0.29, 0.717) is 0 Å². The van der Waals surface area contributed by atoms with Gasteiger partial charge in [-0.2, -0.15) is 0 Å². The van der Waals surface area contributed by atoms with Gasteiger partial charge in [-0.15, -0.1) is 0 Å². The molecular weight excluding hydrogens is 188 g/mol. The molecule has 1 unspecified atom stereocenters. The van der Waals surface area contributed by atoms with E-state index in [0.717, 1.165) is 0 Å². The molecule has 0 saturated carbocycles. The highest BCUT2D eigenvalue weighted by Crippen LogP contribution is 2.05. The third kappa shape index (κ3) is 2.32. The number of hydrogen-bond acceptors (Lipinski definition) is 3. The van der Waals surface area contributed by atoms with Crippen molar-refractivity contribution in [2.75, 3.05) is 0 Å². The molecule has 1 atom stereocenters. The molecule has 0 spiro atoms. The minimum absolute atomic E-state index is 0.161. The lowest BCUT2D eigenvalue weighted by Gasteiger charge is -2.10. The minimum atomic E-state index is -0.990. The number of nitrogens with one attached hydrogen (secondary N) is 1. The second-order valence-electron chi connectivity index (χ2n) is 2.96. The lowest BCUT2D eigenvalue weighted by Crippen LogP contribution is -2.31. The number of aromatic amines is 1. The number of carbonyl (C=O) groups is 1. The third-order valence-electron chi connectivity index (χ3n) is 1.80. The number of aliphatic carboxylic acids is 1. The summed E-state index contributed by atoms with van der Waals surface area (Å²) in [5, 5.41) is 8.50. The van der Waals surface area contributed by atoms with E-state index in [1.165, 1.54) is 16.8 Å². The molecule has 1 heterocycles. The summed E-state index contributed by atoms with van der Waals surface area (Å²) in [6, 6.07) is 0.705. The molecule has 0 aliphatic carbocycles. The Bertz CT molecular complexity index is 445. The Kier molecular flexibility index (Phi) is 2.85. The van der Waals surface area contributed by atoms with Crippen molar-refractivity contribution in [3.05, 3.63) is 33.1 Å². The lowest BCUT2D eigenvalue weighted by atomic mass is 10.2. The van der Waals surface area contributed by atoms with Crippen LogP contribution in [0, 0.1) is 0 Å². The average Bonchev–Trinajstić information content (AvgIpc) is 2.01. The van der Waals surface area contributed by atoms with E-state index >= 15 is 0 Å². The van der Waals surface area contributed by atoms with Crippen molar-refractivity contribution in [1.82, 2.24) is 9.55 Å². The third-order valence-corrected chi connectivity index (χ3v) is 1.80. The molecule has 0 radical (unpaired) electrons. The molecule has 1 rings (SSSR count). The molecule has 1 aromatic heterocycles. The Hall–Kier alpha value is -1.85. The van der Waals surface area contributed by atoms with E-state index in [-0.39, 0.29) is 6.42 Å². The van der Waals surface area contributed by atoms with Gasteiger partial charge >= 0.3 is 11.7 Å². The highest BCUT2D eigenvalue weighted by Gasteiger charge is 2.10. The van der Waals surface area contributed by atoms with Crippen LogP contribution < -0.4 is 11.2 Å². The van der Waals surface area contributed by atoms with Crippen LogP contribution in [0.3, 0.4) is 0 Å². The predicted molar refractivity (Wildman–Crippen MR) is 48.3 cm³/mol. The summed E-state index contributed by atoms with van der Waals surface area (Å²) in [6.45, 7) is 1.59. The second kappa shape index (κ2) is 3.91. The maximum Gasteiger partial charge on any atom is 0.328 e. The van der Waals surface area contributed by atoms with Crippen LogP contribution in [0.1, 0.15) is 19.4 Å². The first-order chi connectivity index (χ1) is 6.50. The van der Waals surface area contributed by atoms with Gasteiger partial charge in [0, 0.05) is 18.3 Å². The van der Waals surface area contributed by atoms with Gasteiger partial charge in [0.15, 0.2) is 0 Å². The number of rotatable bonds is 3. The van der Waals surface area contributed by atoms with E-state index in [2.05, 4.69) is 4.98 Å². The van der Waals surface area contributed by atoms with Crippen molar-refractivity contribution in [2.24, 2.45) is 0 Å². The van der Waals surface area contributed by atoms with E-state index in [4.69, 9.17) is 5.11 Å². The Morgan fingerprint density at radius 3 is 2.79 bits per heavy atom. The van der Waals surface area contributed by atoms with Crippen molar-refractivity contribution in [3.63, 3.8) is 0 Å². The smallest absolute Gasteiger partial charge is 0.328 e. The van der Waals surface area contributed by atoms with Crippen LogP contribution in [0.4, 0.5) is 0 Å². The summed E-state index contributed by atoms with van der Waals surface area (Å²) >= 11 is 0. The van der Waals surface area contributed by atoms with Crippen LogP contribution in [0.5, 0.6) is 0 Å². The maximum absolute atomic E-state index is 11.2. The summed E-state index contributed by atoms with van der Waals surface area (Å²) in [5.41, 5.74) is -1.08. The SMILES string of the molecule is CC(CC(=O)O)n1ccc(=O)[nH]c1=O. The molecular formula is C8H10N2O4. The Labute approximate surface area is 78.8 Å². The number of aromatic nitrogens is 2. The fourth-order valence-electron chi connectivity index (χ4n) is 1.13. The van der Waals surface area contributed by atoms with Gasteiger partial charge in [-0.25, -0.2) is 4.79 Å². The highest BCUT2D eigenvalue weighted by molar-refractivity contribution is 5.67. The summed E-state index contributed by atoms with van der Waals surface area (Å²) in [4.78, 5) is 34.3. The molecule has 0 aliphatic rings. The molecule has 6 nitrogen and oxygen atoms in total. The molecule has 76 valence electrons. The molecule has 0 amide bonds. The van der Waals surface area contributed by atoms with Crippen LogP contribution in [-0.2, 0) is 4.79 Å². The van der Waals surface area contributed by atoms with Crippen molar-refractivity contribution >= 4 is 5.97 Å². The quantitative estimate of drug-likeness (QED) is 0.689. The van der Waals surface area contributed by atoms with E-state index in [1.807, 2.05) is 0 Å². The highest BCUT2D eigenvalue weighted by atomic mass is 16.4. The Balaban J connectivity index is 3.02. The van der Waals surface area contributed by atoms with Crippen molar-refractivity contribution < 1.29 is 9.90 Å². The Morgan fingerprint density at radius 1 is 1.64 bits per heavy atom. The first-order valence-electron chi connectivity index (χ1n) is 4.04. The molecule has 0 aliphatic heterocycles. The van der Waals surface area contributed by atoms with Crippen LogP contribution in [-0.4, -0.2) is 20.6 Å². The monoisotopic (exact) mass is 198 g/mol. The van der Waals surface area contributed by atoms with Crippen LogP contribution in [0.25, 0.3) is 0 Å². The Morgan fingerprint density at radius 2 is 2.29 bits per heavy atom. The van der Waals surface area contributed by atoms with Gasteiger partial charge < -0.3 is 5.11 Å². The fourth-order valence-corrected chi connectivity index (χ4v) is 1.13. The standard InChI is InChI=1S/C8H10N2O4/c1-5(4-7(12)13)10-3-2-6(11)9-8(10)14/h2-3,5H,4H2,1H3,(H,12,13)(H,9,11,14). The number of nitrogens with zero attached hydrogens (tertiary/aromatic N) is 1. The van der Waals surface area contributed by atoms with Gasteiger partial charge in [-0.05, 0) is 6.92 Å². The van der Waals surface area contributed by atoms with Crippen molar-refractivity contribution in [2.45, 2.75) is 19.4 Å². The zero-order chi connectivity index (χ0) is 10.7. The number of hydrogen-bond donors (Lipinski definition) is 2. The number of H-pyrrole nitrogens is 1. The normalized spacial score (nSPS) is 12.4. The van der Waals surface area contributed by atoms with E-state index < -0.39 is 23.3 Å². The molecule has 0 fully saturated rings. The molecule has 2 N–H and O–H groups in total. The molecule has 0 bridgehead atoms. The molecule has 14 heavy (non-hydrogen) atoms. The van der Waals surface area contributed by atoms with E-state index in [9.17, 15) is 14.4 Å². The second-order valence-corrected chi connectivity index (χ2v) is 2.96. The van der Waals surface area contributed by atoms with Gasteiger partial charge in [0.05, 0.1) is 6.42 Å². The minimum Gasteiger partial charge on any atom is -0.481 e. The summed E-state index contributed by atoms with van der Waals surface area (Å²) in [7, 11) is 0. The van der Waals surface area contributed by atoms with Crippen LogP contribution >= 0.6 is 0 Å². The zero-order valence-corrected chi connectivity index (χ0v) is 7.56. The van der Waals surface area contributed by atoms with Gasteiger partial charge in [0.2, 0.25) is 0 Å². The first-order valence-corrected chi connectivity index (χ1v) is 4.04. The number of carboxylic acids is 1. The lowest BCUT2D eigenvalue weighted by molar-refractivity contribution is -0.137. The van der Waals surface area contributed by atoms with Gasteiger partial charge in [0.25, 0.3) is 5.56 Å².